The highest BCUT2D eigenvalue weighted by molar-refractivity contribution is 5.89. The molecular formula is C15H29N3O4. The quantitative estimate of drug-likeness (QED) is 0.625. The highest BCUT2D eigenvalue weighted by Gasteiger charge is 2.44. The van der Waals surface area contributed by atoms with Crippen molar-refractivity contribution in [2.45, 2.75) is 12.8 Å². The van der Waals surface area contributed by atoms with Gasteiger partial charge in [-0.25, -0.2) is 0 Å². The molecule has 0 aromatic carbocycles. The zero-order valence-electron chi connectivity index (χ0n) is 14.2. The number of hydrogen-bond acceptors (Lipinski definition) is 5. The molecule has 1 saturated heterocycles. The molecule has 1 N–H and O–H groups in total. The Kier molecular flexibility index (Phi) is 7.78. The van der Waals surface area contributed by atoms with Crippen LogP contribution >= 0.6 is 0 Å². The molecule has 0 radical (unpaired) electrons. The van der Waals surface area contributed by atoms with Crippen molar-refractivity contribution in [3.8, 4) is 0 Å². The maximum atomic E-state index is 12.8. The maximum Gasteiger partial charge on any atom is 0.230 e. The topological polar surface area (TPSA) is 71.1 Å². The lowest BCUT2D eigenvalue weighted by atomic mass is 9.81. The summed E-state index contributed by atoms with van der Waals surface area (Å²) in [4.78, 5) is 28.5. The summed E-state index contributed by atoms with van der Waals surface area (Å²) in [5, 5.41) is 3.22. The van der Waals surface area contributed by atoms with Crippen LogP contribution in [0.3, 0.4) is 0 Å². The summed E-state index contributed by atoms with van der Waals surface area (Å²) in [5.41, 5.74) is -0.638. The Morgan fingerprint density at radius 3 is 2.18 bits per heavy atom. The Labute approximate surface area is 132 Å². The fourth-order valence-corrected chi connectivity index (χ4v) is 2.66. The van der Waals surface area contributed by atoms with E-state index in [1.54, 1.807) is 38.1 Å². The Balaban J connectivity index is 2.70. The lowest BCUT2D eigenvalue weighted by molar-refractivity contribution is -0.146. The first-order valence-corrected chi connectivity index (χ1v) is 7.65. The number of carbonyl (C=O) groups excluding carboxylic acids is 2. The van der Waals surface area contributed by atoms with Crippen LogP contribution in [-0.2, 0) is 19.1 Å². The van der Waals surface area contributed by atoms with E-state index in [0.717, 1.165) is 6.54 Å². The minimum atomic E-state index is -0.638. The van der Waals surface area contributed by atoms with Crippen LogP contribution in [0.1, 0.15) is 12.8 Å². The Morgan fingerprint density at radius 2 is 1.68 bits per heavy atom. The van der Waals surface area contributed by atoms with Gasteiger partial charge in [0.25, 0.3) is 0 Å². The first-order chi connectivity index (χ1) is 10.5. The van der Waals surface area contributed by atoms with E-state index in [2.05, 4.69) is 5.32 Å². The molecule has 1 aliphatic rings. The van der Waals surface area contributed by atoms with Crippen LogP contribution in [0.5, 0.6) is 0 Å². The van der Waals surface area contributed by atoms with Gasteiger partial charge in [0.05, 0.1) is 18.6 Å². The number of nitrogens with one attached hydrogen (secondary N) is 1. The van der Waals surface area contributed by atoms with Gasteiger partial charge in [-0.3, -0.25) is 9.59 Å². The van der Waals surface area contributed by atoms with Crippen molar-refractivity contribution < 1.29 is 19.1 Å². The van der Waals surface area contributed by atoms with Crippen molar-refractivity contribution in [3.63, 3.8) is 0 Å². The summed E-state index contributed by atoms with van der Waals surface area (Å²) in [6.45, 7) is 3.37. The first kappa shape index (κ1) is 18.9. The molecule has 0 bridgehead atoms. The molecule has 1 atom stereocenters. The molecule has 0 aliphatic carbocycles. The van der Waals surface area contributed by atoms with E-state index in [9.17, 15) is 9.59 Å². The number of carbonyl (C=O) groups is 2. The smallest absolute Gasteiger partial charge is 0.230 e. The van der Waals surface area contributed by atoms with Gasteiger partial charge in [0.2, 0.25) is 11.8 Å². The summed E-state index contributed by atoms with van der Waals surface area (Å²) < 4.78 is 10.0. The van der Waals surface area contributed by atoms with Crippen LogP contribution < -0.4 is 5.32 Å². The van der Waals surface area contributed by atoms with E-state index in [-0.39, 0.29) is 18.2 Å². The number of methoxy groups -OCH3 is 2. The summed E-state index contributed by atoms with van der Waals surface area (Å²) in [6.07, 6.45) is 0.920. The SMILES string of the molecule is COCCN(C)C(=O)CC1(C(=O)N(C)CCOC)CCNC1. The highest BCUT2D eigenvalue weighted by Crippen LogP contribution is 2.32. The number of ether oxygens (including phenoxy) is 2. The van der Waals surface area contributed by atoms with Crippen molar-refractivity contribution in [2.75, 3.05) is 67.7 Å². The van der Waals surface area contributed by atoms with E-state index >= 15 is 0 Å². The van der Waals surface area contributed by atoms with Crippen LogP contribution in [-0.4, -0.2) is 89.3 Å². The van der Waals surface area contributed by atoms with Gasteiger partial charge in [0, 0.05) is 54.4 Å². The van der Waals surface area contributed by atoms with Crippen LogP contribution in [0, 0.1) is 5.41 Å². The molecule has 1 heterocycles. The van der Waals surface area contributed by atoms with Gasteiger partial charge in [-0.05, 0) is 13.0 Å². The molecule has 2 amide bonds. The van der Waals surface area contributed by atoms with Gasteiger partial charge < -0.3 is 24.6 Å². The van der Waals surface area contributed by atoms with Gasteiger partial charge in [-0.15, -0.1) is 0 Å². The van der Waals surface area contributed by atoms with Crippen molar-refractivity contribution in [2.24, 2.45) is 5.41 Å². The van der Waals surface area contributed by atoms with E-state index < -0.39 is 5.41 Å². The largest absolute Gasteiger partial charge is 0.383 e. The molecule has 1 fully saturated rings. The molecular weight excluding hydrogens is 286 g/mol. The molecule has 128 valence electrons. The molecule has 0 aromatic rings. The summed E-state index contributed by atoms with van der Waals surface area (Å²) >= 11 is 0. The van der Waals surface area contributed by atoms with E-state index in [1.165, 1.54) is 0 Å². The molecule has 1 unspecified atom stereocenters. The summed E-state index contributed by atoms with van der Waals surface area (Å²) in [7, 11) is 6.73. The standard InChI is InChI=1S/C15H29N3O4/c1-17(7-9-21-3)13(19)11-15(5-6-16-12-15)14(20)18(2)8-10-22-4/h16H,5-12H2,1-4H3. The van der Waals surface area contributed by atoms with Crippen molar-refractivity contribution in [1.82, 2.24) is 15.1 Å². The van der Waals surface area contributed by atoms with Crippen molar-refractivity contribution >= 4 is 11.8 Å². The normalized spacial score (nSPS) is 20.9. The van der Waals surface area contributed by atoms with Gasteiger partial charge in [0.1, 0.15) is 0 Å². The minimum Gasteiger partial charge on any atom is -0.383 e. The number of amides is 2. The second kappa shape index (κ2) is 9.07. The van der Waals surface area contributed by atoms with Crippen molar-refractivity contribution in [3.05, 3.63) is 0 Å². The Morgan fingerprint density at radius 1 is 1.09 bits per heavy atom. The second-order valence-electron chi connectivity index (χ2n) is 5.91. The zero-order valence-corrected chi connectivity index (χ0v) is 14.2. The number of hydrogen-bond donors (Lipinski definition) is 1. The van der Waals surface area contributed by atoms with Crippen molar-refractivity contribution in [1.29, 1.82) is 0 Å². The van der Waals surface area contributed by atoms with Crippen LogP contribution in [0.4, 0.5) is 0 Å². The molecule has 22 heavy (non-hydrogen) atoms. The van der Waals surface area contributed by atoms with Crippen LogP contribution in [0.25, 0.3) is 0 Å². The minimum absolute atomic E-state index is 0.0167. The molecule has 7 nitrogen and oxygen atoms in total. The number of nitrogens with zero attached hydrogens (tertiary/aromatic N) is 2. The van der Waals surface area contributed by atoms with E-state index in [4.69, 9.17) is 9.47 Å². The average Bonchev–Trinajstić information content (AvgIpc) is 2.98. The lowest BCUT2D eigenvalue weighted by Crippen LogP contribution is -2.47. The zero-order chi connectivity index (χ0) is 16.6. The van der Waals surface area contributed by atoms with E-state index in [0.29, 0.717) is 39.3 Å². The molecule has 1 rings (SSSR count). The molecule has 0 saturated carbocycles. The third kappa shape index (κ3) is 4.93. The van der Waals surface area contributed by atoms with E-state index in [1.807, 2.05) is 0 Å². The monoisotopic (exact) mass is 315 g/mol. The maximum absolute atomic E-state index is 12.8. The predicted molar refractivity (Wildman–Crippen MR) is 83.6 cm³/mol. The molecule has 0 aromatic heterocycles. The molecule has 1 aliphatic heterocycles. The van der Waals surface area contributed by atoms with Gasteiger partial charge in [0.15, 0.2) is 0 Å². The summed E-state index contributed by atoms with van der Waals surface area (Å²) in [6, 6.07) is 0. The molecule has 7 heteroatoms. The Hall–Kier alpha value is -1.18. The van der Waals surface area contributed by atoms with Crippen LogP contribution in [0.15, 0.2) is 0 Å². The van der Waals surface area contributed by atoms with Gasteiger partial charge in [-0.1, -0.05) is 0 Å². The third-order valence-electron chi connectivity index (χ3n) is 4.22. The van der Waals surface area contributed by atoms with Gasteiger partial charge >= 0.3 is 0 Å². The predicted octanol–water partition coefficient (Wildman–Crippen LogP) is -0.434. The first-order valence-electron chi connectivity index (χ1n) is 7.65. The molecule has 0 spiro atoms. The fraction of sp³-hybridized carbons (Fsp3) is 0.867. The second-order valence-corrected chi connectivity index (χ2v) is 5.91. The Bertz CT molecular complexity index is 370. The lowest BCUT2D eigenvalue weighted by Gasteiger charge is -2.32. The third-order valence-corrected chi connectivity index (χ3v) is 4.22. The number of rotatable bonds is 9. The van der Waals surface area contributed by atoms with Crippen LogP contribution in [0.2, 0.25) is 0 Å². The average molecular weight is 315 g/mol. The highest BCUT2D eigenvalue weighted by atomic mass is 16.5. The number of likely N-dealkylation sites (N-methyl/N-ethyl adjacent to an activating group) is 2. The fourth-order valence-electron chi connectivity index (χ4n) is 2.66. The van der Waals surface area contributed by atoms with Gasteiger partial charge in [-0.2, -0.15) is 0 Å². The summed E-state index contributed by atoms with van der Waals surface area (Å²) in [5.74, 6) is -0.00252.